The second kappa shape index (κ2) is 7.81. The molecule has 24 heavy (non-hydrogen) atoms. The van der Waals surface area contributed by atoms with Crippen molar-refractivity contribution in [1.29, 1.82) is 0 Å². The van der Waals surface area contributed by atoms with Gasteiger partial charge in [0.05, 0.1) is 12.8 Å². The molecule has 2 N–H and O–H groups in total. The van der Waals surface area contributed by atoms with E-state index in [-0.39, 0.29) is 11.8 Å². The molecule has 0 aliphatic heterocycles. The number of benzene rings is 1. The molecule has 0 aliphatic rings. The molecule has 0 radical (unpaired) electrons. The maximum atomic E-state index is 12.5. The van der Waals surface area contributed by atoms with Crippen LogP contribution in [0.15, 0.2) is 53.1 Å². The summed E-state index contributed by atoms with van der Waals surface area (Å²) in [5, 5.41) is 5.67. The van der Waals surface area contributed by atoms with Crippen LogP contribution in [0.5, 0.6) is 0 Å². The van der Waals surface area contributed by atoms with Gasteiger partial charge in [-0.2, -0.15) is 0 Å². The van der Waals surface area contributed by atoms with Gasteiger partial charge in [0, 0.05) is 11.8 Å². The molecule has 2 rings (SSSR count). The second-order valence-electron chi connectivity index (χ2n) is 6.76. The summed E-state index contributed by atoms with van der Waals surface area (Å²) in [6.45, 7) is 5.76. The van der Waals surface area contributed by atoms with Gasteiger partial charge in [-0.15, -0.1) is 0 Å². The third-order valence-corrected chi connectivity index (χ3v) is 3.60. The molecule has 0 saturated heterocycles. The van der Waals surface area contributed by atoms with Crippen molar-refractivity contribution in [3.05, 3.63) is 60.1 Å². The van der Waals surface area contributed by atoms with E-state index in [1.54, 1.807) is 18.4 Å². The molecule has 0 saturated carbocycles. The fraction of sp³-hybridized carbons (Fsp3) is 0.368. The molecule has 5 heteroatoms. The standard InChI is InChI=1S/C19H24N2O3/c1-19(2,3)18(23)21-16(12-14-8-5-4-6-9-14)17(22)20-13-15-10-7-11-24-15/h4-11,16H,12-13H2,1-3H3,(H,20,22)(H,21,23)/t16-/m0/s1. The molecule has 1 atom stereocenters. The largest absolute Gasteiger partial charge is 0.467 e. The zero-order valence-corrected chi connectivity index (χ0v) is 14.3. The van der Waals surface area contributed by atoms with E-state index in [2.05, 4.69) is 10.6 Å². The molecule has 0 fully saturated rings. The van der Waals surface area contributed by atoms with Gasteiger partial charge in [0.2, 0.25) is 11.8 Å². The van der Waals surface area contributed by atoms with Crippen molar-refractivity contribution in [3.8, 4) is 0 Å². The lowest BCUT2D eigenvalue weighted by atomic mass is 9.94. The molecule has 2 amide bonds. The Morgan fingerprint density at radius 3 is 2.38 bits per heavy atom. The highest BCUT2D eigenvalue weighted by Gasteiger charge is 2.27. The van der Waals surface area contributed by atoms with E-state index in [4.69, 9.17) is 4.42 Å². The van der Waals surface area contributed by atoms with Crippen molar-refractivity contribution < 1.29 is 14.0 Å². The van der Waals surface area contributed by atoms with E-state index < -0.39 is 11.5 Å². The number of amides is 2. The van der Waals surface area contributed by atoms with Crippen molar-refractivity contribution in [2.24, 2.45) is 5.41 Å². The number of furan rings is 1. The third-order valence-electron chi connectivity index (χ3n) is 3.60. The highest BCUT2D eigenvalue weighted by Crippen LogP contribution is 2.14. The van der Waals surface area contributed by atoms with Gasteiger partial charge in [0.15, 0.2) is 0 Å². The fourth-order valence-electron chi connectivity index (χ4n) is 2.14. The lowest BCUT2D eigenvalue weighted by molar-refractivity contribution is -0.133. The first-order chi connectivity index (χ1) is 11.4. The van der Waals surface area contributed by atoms with Crippen LogP contribution in [0.2, 0.25) is 0 Å². The molecule has 1 heterocycles. The summed E-state index contributed by atoms with van der Waals surface area (Å²) in [6.07, 6.45) is 2.00. The van der Waals surface area contributed by atoms with Crippen LogP contribution >= 0.6 is 0 Å². The molecule has 0 bridgehead atoms. The Morgan fingerprint density at radius 2 is 1.79 bits per heavy atom. The fourth-order valence-corrected chi connectivity index (χ4v) is 2.14. The predicted octanol–water partition coefficient (Wildman–Crippen LogP) is 2.67. The molecule has 5 nitrogen and oxygen atoms in total. The highest BCUT2D eigenvalue weighted by atomic mass is 16.3. The van der Waals surface area contributed by atoms with Crippen LogP contribution in [-0.4, -0.2) is 17.9 Å². The third kappa shape index (κ3) is 5.26. The van der Waals surface area contributed by atoms with Crippen LogP contribution in [0.4, 0.5) is 0 Å². The molecule has 128 valence electrons. The summed E-state index contributed by atoms with van der Waals surface area (Å²) in [5.41, 5.74) is 0.431. The first-order valence-electron chi connectivity index (χ1n) is 8.01. The number of carbonyl (C=O) groups excluding carboxylic acids is 2. The lowest BCUT2D eigenvalue weighted by Gasteiger charge is -2.24. The number of rotatable bonds is 6. The van der Waals surface area contributed by atoms with E-state index in [0.29, 0.717) is 18.7 Å². The normalized spacial score (nSPS) is 12.5. The average molecular weight is 328 g/mol. The van der Waals surface area contributed by atoms with Gasteiger partial charge in [0.25, 0.3) is 0 Å². The number of nitrogens with one attached hydrogen (secondary N) is 2. The molecule has 2 aromatic rings. The summed E-state index contributed by atoms with van der Waals surface area (Å²) in [7, 11) is 0. The summed E-state index contributed by atoms with van der Waals surface area (Å²) < 4.78 is 5.22. The van der Waals surface area contributed by atoms with E-state index in [0.717, 1.165) is 5.56 Å². The van der Waals surface area contributed by atoms with Crippen LogP contribution in [-0.2, 0) is 22.6 Å². The van der Waals surface area contributed by atoms with Crippen molar-refractivity contribution in [2.75, 3.05) is 0 Å². The Morgan fingerprint density at radius 1 is 1.08 bits per heavy atom. The van der Waals surface area contributed by atoms with Crippen molar-refractivity contribution in [1.82, 2.24) is 10.6 Å². The molecule has 0 spiro atoms. The Balaban J connectivity index is 2.05. The minimum atomic E-state index is -0.630. The first kappa shape index (κ1) is 17.8. The van der Waals surface area contributed by atoms with Crippen LogP contribution in [0.1, 0.15) is 32.1 Å². The Hall–Kier alpha value is -2.56. The second-order valence-corrected chi connectivity index (χ2v) is 6.76. The van der Waals surface area contributed by atoms with Gasteiger partial charge in [-0.25, -0.2) is 0 Å². The van der Waals surface area contributed by atoms with E-state index >= 15 is 0 Å². The first-order valence-corrected chi connectivity index (χ1v) is 8.01. The quantitative estimate of drug-likeness (QED) is 0.856. The zero-order valence-electron chi connectivity index (χ0n) is 14.3. The van der Waals surface area contributed by atoms with Gasteiger partial charge in [-0.1, -0.05) is 51.1 Å². The molecular weight excluding hydrogens is 304 g/mol. The van der Waals surface area contributed by atoms with Crippen molar-refractivity contribution in [3.63, 3.8) is 0 Å². The lowest BCUT2D eigenvalue weighted by Crippen LogP contribution is -2.50. The van der Waals surface area contributed by atoms with Crippen molar-refractivity contribution in [2.45, 2.75) is 39.8 Å². The monoisotopic (exact) mass is 328 g/mol. The maximum absolute atomic E-state index is 12.5. The summed E-state index contributed by atoms with van der Waals surface area (Å²) in [5.74, 6) is 0.286. The topological polar surface area (TPSA) is 71.3 Å². The van der Waals surface area contributed by atoms with Crippen LogP contribution < -0.4 is 10.6 Å². The Kier molecular flexibility index (Phi) is 5.79. The van der Waals surface area contributed by atoms with Gasteiger partial charge >= 0.3 is 0 Å². The molecule has 0 unspecified atom stereocenters. The zero-order chi connectivity index (χ0) is 17.6. The van der Waals surface area contributed by atoms with Crippen LogP contribution in [0, 0.1) is 5.41 Å². The predicted molar refractivity (Wildman–Crippen MR) is 92.1 cm³/mol. The van der Waals surface area contributed by atoms with Crippen LogP contribution in [0.25, 0.3) is 0 Å². The van der Waals surface area contributed by atoms with Gasteiger partial charge in [-0.3, -0.25) is 9.59 Å². The Labute approximate surface area is 142 Å². The van der Waals surface area contributed by atoms with E-state index in [1.807, 2.05) is 51.1 Å². The van der Waals surface area contributed by atoms with Gasteiger partial charge in [-0.05, 0) is 17.7 Å². The summed E-state index contributed by atoms with van der Waals surface area (Å²) in [6, 6.07) is 12.6. The number of hydrogen-bond donors (Lipinski definition) is 2. The molecule has 1 aromatic carbocycles. The minimum Gasteiger partial charge on any atom is -0.467 e. The highest BCUT2D eigenvalue weighted by molar-refractivity contribution is 5.89. The number of hydrogen-bond acceptors (Lipinski definition) is 3. The van der Waals surface area contributed by atoms with Gasteiger partial charge < -0.3 is 15.1 Å². The van der Waals surface area contributed by atoms with Crippen LogP contribution in [0.3, 0.4) is 0 Å². The van der Waals surface area contributed by atoms with E-state index in [9.17, 15) is 9.59 Å². The minimum absolute atomic E-state index is 0.156. The average Bonchev–Trinajstić information content (AvgIpc) is 3.05. The molecular formula is C19H24N2O3. The maximum Gasteiger partial charge on any atom is 0.243 e. The SMILES string of the molecule is CC(C)(C)C(=O)N[C@@H](Cc1ccccc1)C(=O)NCc1ccco1. The molecule has 0 aliphatic carbocycles. The van der Waals surface area contributed by atoms with Crippen molar-refractivity contribution >= 4 is 11.8 Å². The van der Waals surface area contributed by atoms with Gasteiger partial charge in [0.1, 0.15) is 11.8 Å². The van der Waals surface area contributed by atoms with E-state index in [1.165, 1.54) is 0 Å². The molecule has 1 aromatic heterocycles. The number of carbonyl (C=O) groups is 2. The Bertz CT molecular complexity index is 658. The summed E-state index contributed by atoms with van der Waals surface area (Å²) >= 11 is 0. The summed E-state index contributed by atoms with van der Waals surface area (Å²) in [4.78, 5) is 24.8. The smallest absolute Gasteiger partial charge is 0.243 e.